The first kappa shape index (κ1) is 19.4. The van der Waals surface area contributed by atoms with E-state index in [0.29, 0.717) is 0 Å². The normalized spacial score (nSPS) is 11.6. The number of aromatic nitrogens is 2. The number of pyridine rings is 1. The van der Waals surface area contributed by atoms with Crippen molar-refractivity contribution in [2.75, 3.05) is 0 Å². The molecule has 0 saturated heterocycles. The van der Waals surface area contributed by atoms with Gasteiger partial charge in [-0.05, 0) is 23.6 Å². The fourth-order valence-corrected chi connectivity index (χ4v) is 3.58. The number of unbranched alkanes of at least 4 members (excludes halogenated alkanes) is 7. The average molecular weight is 362 g/mol. The van der Waals surface area contributed by atoms with E-state index in [1.807, 2.05) is 0 Å². The van der Waals surface area contributed by atoms with Crippen molar-refractivity contribution < 1.29 is 4.57 Å². The third kappa shape index (κ3) is 6.09. The second-order valence-corrected chi connectivity index (χ2v) is 7.47. The van der Waals surface area contributed by atoms with Crippen LogP contribution in [0.5, 0.6) is 0 Å². The summed E-state index contributed by atoms with van der Waals surface area (Å²) in [6, 6.07) is 12.8. The fraction of sp³-hybridized carbons (Fsp3) is 0.400. The smallest absolute Gasteiger partial charge is 0.169 e. The van der Waals surface area contributed by atoms with E-state index in [-0.39, 0.29) is 0 Å². The minimum Gasteiger partial charge on any atom is -0.361 e. The fourth-order valence-electron chi connectivity index (χ4n) is 3.58. The lowest BCUT2D eigenvalue weighted by atomic mass is 10.1. The van der Waals surface area contributed by atoms with Crippen LogP contribution in [0.25, 0.3) is 23.1 Å². The number of fused-ring (bicyclic) bond motifs is 1. The molecule has 3 rings (SSSR count). The Morgan fingerprint density at radius 1 is 0.815 bits per heavy atom. The molecule has 0 amide bonds. The number of para-hydroxylation sites is 1. The monoisotopic (exact) mass is 361 g/mol. The summed E-state index contributed by atoms with van der Waals surface area (Å²) >= 11 is 0. The first-order valence-corrected chi connectivity index (χ1v) is 10.6. The highest BCUT2D eigenvalue weighted by Crippen LogP contribution is 2.19. The Bertz CT molecular complexity index is 827. The van der Waals surface area contributed by atoms with E-state index in [0.717, 1.165) is 6.54 Å². The second kappa shape index (κ2) is 10.7. The number of aryl methyl sites for hydroxylation is 1. The lowest BCUT2D eigenvalue weighted by Crippen LogP contribution is -2.32. The molecule has 2 heterocycles. The van der Waals surface area contributed by atoms with Gasteiger partial charge in [0.2, 0.25) is 0 Å². The van der Waals surface area contributed by atoms with Gasteiger partial charge in [-0.15, -0.1) is 0 Å². The van der Waals surface area contributed by atoms with Crippen molar-refractivity contribution in [2.24, 2.45) is 0 Å². The van der Waals surface area contributed by atoms with Crippen LogP contribution in [0.3, 0.4) is 0 Å². The molecule has 2 nitrogen and oxygen atoms in total. The van der Waals surface area contributed by atoms with E-state index in [4.69, 9.17) is 0 Å². The number of aromatic amines is 1. The summed E-state index contributed by atoms with van der Waals surface area (Å²) in [5.41, 5.74) is 3.67. The zero-order chi connectivity index (χ0) is 18.7. The van der Waals surface area contributed by atoms with E-state index in [9.17, 15) is 0 Å². The summed E-state index contributed by atoms with van der Waals surface area (Å²) in [7, 11) is 0. The Labute approximate surface area is 163 Å². The maximum Gasteiger partial charge on any atom is 0.169 e. The van der Waals surface area contributed by atoms with E-state index in [1.54, 1.807) is 0 Å². The molecule has 3 aromatic rings. The van der Waals surface area contributed by atoms with Crippen LogP contribution in [0.1, 0.15) is 69.4 Å². The highest BCUT2D eigenvalue weighted by atomic mass is 14.9. The minimum atomic E-state index is 1.13. The standard InChI is InChI=1S/C25H32N2/c1-2-3-4-5-6-7-8-11-18-27-19-16-22(17-20-27)14-15-23-21-26-25-13-10-9-12-24(23)25/h9-10,12-17,19-21H,2-8,11,18H2,1H3/p+1. The van der Waals surface area contributed by atoms with Crippen molar-refractivity contribution in [3.05, 3.63) is 66.1 Å². The zero-order valence-corrected chi connectivity index (χ0v) is 16.7. The number of benzene rings is 1. The first-order chi connectivity index (χ1) is 13.4. The predicted octanol–water partition coefficient (Wildman–Crippen LogP) is 6.77. The van der Waals surface area contributed by atoms with E-state index >= 15 is 0 Å². The van der Waals surface area contributed by atoms with Gasteiger partial charge in [-0.25, -0.2) is 4.57 Å². The summed E-state index contributed by atoms with van der Waals surface area (Å²) in [5.74, 6) is 0. The zero-order valence-electron chi connectivity index (χ0n) is 16.7. The van der Waals surface area contributed by atoms with Crippen molar-refractivity contribution in [2.45, 2.75) is 64.8 Å². The summed E-state index contributed by atoms with van der Waals surface area (Å²) in [5, 5.41) is 1.27. The maximum atomic E-state index is 3.33. The third-order valence-electron chi connectivity index (χ3n) is 5.26. The van der Waals surface area contributed by atoms with Gasteiger partial charge in [-0.2, -0.15) is 0 Å². The van der Waals surface area contributed by atoms with Crippen LogP contribution in [0.15, 0.2) is 55.0 Å². The maximum absolute atomic E-state index is 3.33. The molecule has 1 aromatic carbocycles. The molecule has 2 heteroatoms. The molecule has 142 valence electrons. The van der Waals surface area contributed by atoms with Crippen LogP contribution in [0.2, 0.25) is 0 Å². The average Bonchev–Trinajstić information content (AvgIpc) is 3.12. The summed E-state index contributed by atoms with van der Waals surface area (Å²) in [6.45, 7) is 3.40. The first-order valence-electron chi connectivity index (χ1n) is 10.6. The molecule has 0 saturated carbocycles. The second-order valence-electron chi connectivity index (χ2n) is 7.47. The Balaban J connectivity index is 1.42. The van der Waals surface area contributed by atoms with Crippen molar-refractivity contribution >= 4 is 23.1 Å². The summed E-state index contributed by atoms with van der Waals surface area (Å²) in [4.78, 5) is 3.33. The molecule has 0 unspecified atom stereocenters. The minimum absolute atomic E-state index is 1.13. The van der Waals surface area contributed by atoms with Crippen LogP contribution < -0.4 is 4.57 Å². The van der Waals surface area contributed by atoms with Crippen LogP contribution in [0, 0.1) is 0 Å². The SMILES string of the molecule is CCCCCCCCCC[n+]1ccc(/C=C/c2c[nH]c3ccccc23)cc1. The molecule has 2 aromatic heterocycles. The molecule has 0 atom stereocenters. The van der Waals surface area contributed by atoms with Gasteiger partial charge >= 0.3 is 0 Å². The molecule has 0 bridgehead atoms. The van der Waals surface area contributed by atoms with Crippen LogP contribution in [0.4, 0.5) is 0 Å². The molecule has 0 spiro atoms. The van der Waals surface area contributed by atoms with Gasteiger partial charge in [-0.3, -0.25) is 0 Å². The van der Waals surface area contributed by atoms with Gasteiger partial charge in [-0.1, -0.05) is 75.8 Å². The predicted molar refractivity (Wildman–Crippen MR) is 116 cm³/mol. The quantitative estimate of drug-likeness (QED) is 0.287. The largest absolute Gasteiger partial charge is 0.361 e. The summed E-state index contributed by atoms with van der Waals surface area (Å²) < 4.78 is 2.31. The van der Waals surface area contributed by atoms with Crippen LogP contribution in [-0.2, 0) is 6.54 Å². The molecule has 0 fully saturated rings. The van der Waals surface area contributed by atoms with E-state index in [1.165, 1.54) is 73.4 Å². The number of hydrogen-bond donors (Lipinski definition) is 1. The van der Waals surface area contributed by atoms with Crippen LogP contribution >= 0.6 is 0 Å². The number of nitrogens with one attached hydrogen (secondary N) is 1. The third-order valence-corrected chi connectivity index (χ3v) is 5.26. The van der Waals surface area contributed by atoms with Gasteiger partial charge in [0.1, 0.15) is 6.54 Å². The highest BCUT2D eigenvalue weighted by molar-refractivity contribution is 5.91. The van der Waals surface area contributed by atoms with E-state index in [2.05, 4.69) is 83.6 Å². The van der Waals surface area contributed by atoms with Gasteiger partial charge < -0.3 is 4.98 Å². The Morgan fingerprint density at radius 2 is 1.52 bits per heavy atom. The van der Waals surface area contributed by atoms with Gasteiger partial charge in [0, 0.05) is 35.7 Å². The number of hydrogen-bond acceptors (Lipinski definition) is 0. The number of nitrogens with zero attached hydrogens (tertiary/aromatic N) is 1. The summed E-state index contributed by atoms with van der Waals surface area (Å²) in [6.07, 6.45) is 21.9. The highest BCUT2D eigenvalue weighted by Gasteiger charge is 2.01. The molecular formula is C25H33N2+. The Kier molecular flexibility index (Phi) is 7.70. The molecule has 0 radical (unpaired) electrons. The lowest BCUT2D eigenvalue weighted by molar-refractivity contribution is -0.697. The van der Waals surface area contributed by atoms with Crippen molar-refractivity contribution in [3.63, 3.8) is 0 Å². The lowest BCUT2D eigenvalue weighted by Gasteiger charge is -2.00. The molecule has 27 heavy (non-hydrogen) atoms. The van der Waals surface area contributed by atoms with Crippen molar-refractivity contribution in [3.8, 4) is 0 Å². The Morgan fingerprint density at radius 3 is 2.30 bits per heavy atom. The molecule has 0 aliphatic rings. The van der Waals surface area contributed by atoms with Crippen molar-refractivity contribution in [1.29, 1.82) is 0 Å². The molecular weight excluding hydrogens is 328 g/mol. The van der Waals surface area contributed by atoms with Gasteiger partial charge in [0.05, 0.1) is 0 Å². The van der Waals surface area contributed by atoms with E-state index < -0.39 is 0 Å². The molecule has 1 N–H and O–H groups in total. The van der Waals surface area contributed by atoms with Gasteiger partial charge in [0.25, 0.3) is 0 Å². The Hall–Kier alpha value is -2.35. The van der Waals surface area contributed by atoms with Gasteiger partial charge in [0.15, 0.2) is 12.4 Å². The number of rotatable bonds is 11. The van der Waals surface area contributed by atoms with Crippen molar-refractivity contribution in [1.82, 2.24) is 4.98 Å². The van der Waals surface area contributed by atoms with Crippen LogP contribution in [-0.4, -0.2) is 4.98 Å². The molecule has 0 aliphatic carbocycles. The number of H-pyrrole nitrogens is 1. The topological polar surface area (TPSA) is 19.7 Å². The molecule has 0 aliphatic heterocycles.